The van der Waals surface area contributed by atoms with Crippen LogP contribution in [0.1, 0.15) is 49.1 Å². The van der Waals surface area contributed by atoms with E-state index in [1.54, 1.807) is 24.3 Å². The average molecular weight is 690 g/mol. The fourth-order valence-corrected chi connectivity index (χ4v) is 5.51. The summed E-state index contributed by atoms with van der Waals surface area (Å²) in [6.45, 7) is -0.321. The minimum absolute atomic E-state index is 0.00386. The minimum atomic E-state index is -4.73. The third-order valence-corrected chi connectivity index (χ3v) is 8.01. The Labute approximate surface area is 277 Å². The molecule has 5 rings (SSSR count). The van der Waals surface area contributed by atoms with Gasteiger partial charge in [-0.2, -0.15) is 18.3 Å². The summed E-state index contributed by atoms with van der Waals surface area (Å²) < 4.78 is 46.5. The van der Waals surface area contributed by atoms with Crippen LogP contribution in [0.4, 0.5) is 18.0 Å². The first-order chi connectivity index (χ1) is 22.9. The van der Waals surface area contributed by atoms with Crippen LogP contribution in [0.5, 0.6) is 0 Å². The minimum Gasteiger partial charge on any atom is -0.445 e. The number of Topliss-reactive ketones (excluding diaryl/α,β-unsaturated/α-hetero) is 1. The number of fused-ring (bicyclic) bond motifs is 1. The van der Waals surface area contributed by atoms with Gasteiger partial charge in [0.15, 0.2) is 17.3 Å². The largest absolute Gasteiger partial charge is 0.445 e. The number of alkyl halides is 3. The quantitative estimate of drug-likeness (QED) is 0.328. The molecular weight excluding hydrogens is 659 g/mol. The number of alkyl carbamates (subject to hydrolysis) is 1. The van der Waals surface area contributed by atoms with Crippen molar-refractivity contribution in [2.75, 3.05) is 13.1 Å². The molecule has 0 aliphatic carbocycles. The zero-order valence-electron chi connectivity index (χ0n) is 25.4. The van der Waals surface area contributed by atoms with E-state index in [9.17, 15) is 37.1 Å². The van der Waals surface area contributed by atoms with E-state index in [1.165, 1.54) is 23.3 Å². The summed E-state index contributed by atoms with van der Waals surface area (Å²) in [6.07, 6.45) is -4.21. The van der Waals surface area contributed by atoms with E-state index in [4.69, 9.17) is 16.3 Å². The smallest absolute Gasteiger partial charge is 0.435 e. The number of benzene rings is 1. The van der Waals surface area contributed by atoms with Gasteiger partial charge in [0.25, 0.3) is 5.91 Å². The van der Waals surface area contributed by atoms with Crippen molar-refractivity contribution in [3.05, 3.63) is 76.7 Å². The maximum Gasteiger partial charge on any atom is 0.435 e. The molecule has 0 bridgehead atoms. The summed E-state index contributed by atoms with van der Waals surface area (Å²) in [6, 6.07) is 10.3. The van der Waals surface area contributed by atoms with E-state index in [-0.39, 0.29) is 61.8 Å². The average Bonchev–Trinajstić information content (AvgIpc) is 3.47. The SMILES string of the molecule is O=C(CCc1cc(C(F)(F)F)nn1-c1ccc(Cl)cn1)CNC(=O)[C@@H]1CCCN2C(=O)CC[C@H](NC(=O)OCc3ccccc3)C(=O)N12. The second-order valence-electron chi connectivity index (χ2n) is 11.2. The molecule has 0 spiro atoms. The van der Waals surface area contributed by atoms with Gasteiger partial charge in [0, 0.05) is 31.3 Å². The van der Waals surface area contributed by atoms with Crippen molar-refractivity contribution in [3.63, 3.8) is 0 Å². The lowest BCUT2D eigenvalue weighted by molar-refractivity contribution is -0.176. The highest BCUT2D eigenvalue weighted by Gasteiger charge is 2.44. The van der Waals surface area contributed by atoms with Crippen molar-refractivity contribution in [2.45, 2.75) is 63.4 Å². The summed E-state index contributed by atoms with van der Waals surface area (Å²) in [5.74, 6) is -2.20. The molecule has 2 atom stereocenters. The summed E-state index contributed by atoms with van der Waals surface area (Å²) in [7, 11) is 0. The Morgan fingerprint density at radius 1 is 1.06 bits per heavy atom. The van der Waals surface area contributed by atoms with Crippen molar-refractivity contribution in [2.24, 2.45) is 0 Å². The lowest BCUT2D eigenvalue weighted by Crippen LogP contribution is -2.63. The number of ketones is 1. The third-order valence-electron chi connectivity index (χ3n) is 7.79. The standard InChI is InChI=1S/C31H31ClF3N7O6/c32-20-8-12-26(36-16-20)41-21(15-25(39-41)31(33,34)35)9-10-22(43)17-37-28(45)24-7-4-14-40-27(44)13-11-23(29(46)42(24)40)38-30(47)48-18-19-5-2-1-3-6-19/h1-3,5-6,8,12,15-16,23-24H,4,7,9-11,13-14,17-18H2,(H,37,45)(H,38,47)/t23-,24-/m0/s1. The topological polar surface area (TPSA) is 156 Å². The molecule has 4 heterocycles. The number of carbonyl (C=O) groups is 5. The van der Waals surface area contributed by atoms with Crippen LogP contribution < -0.4 is 10.6 Å². The second kappa shape index (κ2) is 14.8. The fourth-order valence-electron chi connectivity index (χ4n) is 5.40. The monoisotopic (exact) mass is 689 g/mol. The van der Waals surface area contributed by atoms with Crippen LogP contribution in [-0.4, -0.2) is 79.6 Å². The highest BCUT2D eigenvalue weighted by Crippen LogP contribution is 2.30. The van der Waals surface area contributed by atoms with E-state index in [0.717, 1.165) is 21.3 Å². The second-order valence-corrected chi connectivity index (χ2v) is 11.6. The molecule has 3 aromatic rings. The molecule has 2 saturated heterocycles. The van der Waals surface area contributed by atoms with E-state index >= 15 is 0 Å². The zero-order chi connectivity index (χ0) is 34.4. The van der Waals surface area contributed by atoms with Gasteiger partial charge >= 0.3 is 12.3 Å². The Bertz CT molecular complexity index is 1670. The van der Waals surface area contributed by atoms with Gasteiger partial charge in [-0.1, -0.05) is 41.9 Å². The van der Waals surface area contributed by atoms with E-state index < -0.39 is 60.1 Å². The van der Waals surface area contributed by atoms with Crippen LogP contribution in [0.3, 0.4) is 0 Å². The van der Waals surface area contributed by atoms with Gasteiger partial charge in [0.05, 0.1) is 11.6 Å². The predicted octanol–water partition coefficient (Wildman–Crippen LogP) is 3.38. The number of rotatable bonds is 10. The molecule has 0 radical (unpaired) electrons. The Morgan fingerprint density at radius 2 is 1.83 bits per heavy atom. The molecule has 0 saturated carbocycles. The van der Waals surface area contributed by atoms with Gasteiger partial charge in [-0.05, 0) is 49.4 Å². The summed E-state index contributed by atoms with van der Waals surface area (Å²) >= 11 is 5.84. The molecule has 2 aliphatic rings. The number of amides is 4. The van der Waals surface area contributed by atoms with Gasteiger partial charge in [0.1, 0.15) is 18.7 Å². The number of hydrogen-bond acceptors (Lipinski definition) is 8. The predicted molar refractivity (Wildman–Crippen MR) is 162 cm³/mol. The van der Waals surface area contributed by atoms with Gasteiger partial charge in [-0.15, -0.1) is 0 Å². The van der Waals surface area contributed by atoms with Crippen molar-refractivity contribution < 1.29 is 41.9 Å². The highest BCUT2D eigenvalue weighted by atomic mass is 35.5. The van der Waals surface area contributed by atoms with E-state index in [1.807, 2.05) is 6.07 Å². The summed E-state index contributed by atoms with van der Waals surface area (Å²) in [4.78, 5) is 69.1. The molecule has 2 aromatic heterocycles. The molecule has 254 valence electrons. The number of pyridine rings is 1. The van der Waals surface area contributed by atoms with Crippen molar-refractivity contribution in [1.82, 2.24) is 35.4 Å². The number of hydrogen-bond donors (Lipinski definition) is 2. The van der Waals surface area contributed by atoms with Gasteiger partial charge in [-0.3, -0.25) is 24.2 Å². The molecule has 17 heteroatoms. The number of aryl methyl sites for hydroxylation is 1. The Hall–Kier alpha value is -4.99. The van der Waals surface area contributed by atoms with Crippen molar-refractivity contribution >= 4 is 41.2 Å². The normalized spacial score (nSPS) is 18.2. The Balaban J connectivity index is 1.20. The zero-order valence-corrected chi connectivity index (χ0v) is 26.2. The maximum atomic E-state index is 13.6. The third kappa shape index (κ3) is 8.29. The number of ether oxygens (including phenoxy) is 1. The molecule has 2 fully saturated rings. The molecule has 13 nitrogen and oxygen atoms in total. The van der Waals surface area contributed by atoms with Crippen molar-refractivity contribution in [1.29, 1.82) is 0 Å². The van der Waals surface area contributed by atoms with Crippen molar-refractivity contribution in [3.8, 4) is 5.82 Å². The van der Waals surface area contributed by atoms with Crippen LogP contribution >= 0.6 is 11.6 Å². The summed E-state index contributed by atoms with van der Waals surface area (Å²) in [5.41, 5.74) is -0.362. The number of halogens is 4. The molecule has 2 N–H and O–H groups in total. The summed E-state index contributed by atoms with van der Waals surface area (Å²) in [5, 5.41) is 11.1. The highest BCUT2D eigenvalue weighted by molar-refractivity contribution is 6.30. The Kier molecular flexibility index (Phi) is 10.6. The number of hydrazine groups is 1. The lowest BCUT2D eigenvalue weighted by atomic mass is 10.1. The number of nitrogens with one attached hydrogen (secondary N) is 2. The van der Waals surface area contributed by atoms with Gasteiger partial charge in [0.2, 0.25) is 11.8 Å². The molecule has 4 amide bonds. The van der Waals surface area contributed by atoms with Gasteiger partial charge < -0.3 is 15.4 Å². The lowest BCUT2D eigenvalue weighted by Gasteiger charge is -2.42. The fraction of sp³-hybridized carbons (Fsp3) is 0.387. The molecule has 48 heavy (non-hydrogen) atoms. The van der Waals surface area contributed by atoms with Crippen LogP contribution in [0.15, 0.2) is 54.7 Å². The van der Waals surface area contributed by atoms with Crippen LogP contribution in [0, 0.1) is 0 Å². The molecule has 1 aromatic carbocycles. The number of carbonyl (C=O) groups excluding carboxylic acids is 5. The van der Waals surface area contributed by atoms with Crippen LogP contribution in [-0.2, 0) is 43.1 Å². The van der Waals surface area contributed by atoms with Gasteiger partial charge in [-0.25, -0.2) is 19.5 Å². The molecule has 0 unspecified atom stereocenters. The Morgan fingerprint density at radius 3 is 2.54 bits per heavy atom. The van der Waals surface area contributed by atoms with E-state index in [2.05, 4.69) is 20.7 Å². The molecular formula is C31H31ClF3N7O6. The first-order valence-corrected chi connectivity index (χ1v) is 15.5. The molecule has 2 aliphatic heterocycles. The first-order valence-electron chi connectivity index (χ1n) is 15.1. The van der Waals surface area contributed by atoms with E-state index in [0.29, 0.717) is 6.42 Å². The first kappa shape index (κ1) is 34.3. The maximum absolute atomic E-state index is 13.6. The van der Waals surface area contributed by atoms with Crippen LogP contribution in [0.2, 0.25) is 5.02 Å². The number of aromatic nitrogens is 3. The van der Waals surface area contributed by atoms with Crippen LogP contribution in [0.25, 0.3) is 5.82 Å². The number of nitrogens with zero attached hydrogens (tertiary/aromatic N) is 5.